The second-order valence-electron chi connectivity index (χ2n) is 5.84. The van der Waals surface area contributed by atoms with Crippen LogP contribution in [0.2, 0.25) is 5.02 Å². The van der Waals surface area contributed by atoms with Crippen molar-refractivity contribution in [1.82, 2.24) is 14.1 Å². The Kier molecular flexibility index (Phi) is 4.48. The van der Waals surface area contributed by atoms with E-state index >= 15 is 0 Å². The highest BCUT2D eigenvalue weighted by molar-refractivity contribution is 7.89. The van der Waals surface area contributed by atoms with Gasteiger partial charge in [-0.3, -0.25) is 4.68 Å². The summed E-state index contributed by atoms with van der Waals surface area (Å²) < 4.78 is 34.2. The highest BCUT2D eigenvalue weighted by Crippen LogP contribution is 2.35. The molecule has 0 amide bonds. The molecular weight excluding hydrogens is 330 g/mol. The van der Waals surface area contributed by atoms with Crippen LogP contribution in [0.3, 0.4) is 0 Å². The molecule has 1 aliphatic carbocycles. The zero-order valence-corrected chi connectivity index (χ0v) is 13.9. The number of aliphatic hydroxyl groups excluding tert-OH is 1. The van der Waals surface area contributed by atoms with Gasteiger partial charge in [0.05, 0.1) is 36.6 Å². The van der Waals surface area contributed by atoms with Crippen molar-refractivity contribution in [1.29, 1.82) is 0 Å². The number of aromatic nitrogens is 2. The van der Waals surface area contributed by atoms with Crippen LogP contribution in [0.5, 0.6) is 0 Å². The lowest BCUT2D eigenvalue weighted by Gasteiger charge is -2.38. The van der Waals surface area contributed by atoms with E-state index in [1.807, 2.05) is 0 Å². The van der Waals surface area contributed by atoms with Gasteiger partial charge in [-0.15, -0.1) is 0 Å². The van der Waals surface area contributed by atoms with Gasteiger partial charge in [-0.1, -0.05) is 18.0 Å². The molecule has 3 rings (SSSR count). The molecule has 1 saturated carbocycles. The van der Waals surface area contributed by atoms with Crippen molar-refractivity contribution in [2.24, 2.45) is 13.0 Å². The molecule has 7 nitrogen and oxygen atoms in total. The van der Waals surface area contributed by atoms with Crippen molar-refractivity contribution in [2.45, 2.75) is 36.4 Å². The molecule has 0 bridgehead atoms. The zero-order chi connectivity index (χ0) is 15.9. The van der Waals surface area contributed by atoms with Gasteiger partial charge in [-0.25, -0.2) is 8.42 Å². The molecule has 1 aromatic heterocycles. The quantitative estimate of drug-likeness (QED) is 0.865. The summed E-state index contributed by atoms with van der Waals surface area (Å²) >= 11 is 6.02. The number of morpholine rings is 1. The summed E-state index contributed by atoms with van der Waals surface area (Å²) in [5.74, 6) is -0.0953. The molecular formula is C13H20ClN3O4S. The minimum absolute atomic E-state index is 0.00597. The Balaban J connectivity index is 1.96. The maximum atomic E-state index is 13.0. The lowest BCUT2D eigenvalue weighted by molar-refractivity contribution is -0.0149. The Bertz CT molecular complexity index is 628. The summed E-state index contributed by atoms with van der Waals surface area (Å²) in [7, 11) is -2.23. The number of rotatable bonds is 3. The third-order valence-corrected chi connectivity index (χ3v) is 6.97. The van der Waals surface area contributed by atoms with Crippen molar-refractivity contribution in [3.8, 4) is 0 Å². The maximum Gasteiger partial charge on any atom is 0.262 e. The van der Waals surface area contributed by atoms with E-state index in [2.05, 4.69) is 5.10 Å². The summed E-state index contributed by atoms with van der Waals surface area (Å²) in [6.07, 6.45) is 3.27. The number of halogens is 1. The molecule has 1 N–H and O–H groups in total. The fraction of sp³-hybridized carbons (Fsp3) is 0.769. The van der Waals surface area contributed by atoms with Crippen molar-refractivity contribution >= 4 is 21.6 Å². The standard InChI is InChI=1S/C13H20ClN3O4S/c1-16-13(10(14)7-15-16)22(19,20)17-5-6-21-8-11(17)9-3-2-4-12(9)18/h7,9,11-12,18H,2-6,8H2,1H3/t9-,11+,12+/m0/s1. The van der Waals surface area contributed by atoms with Gasteiger partial charge < -0.3 is 9.84 Å². The predicted octanol–water partition coefficient (Wildman–Crippen LogP) is 0.624. The van der Waals surface area contributed by atoms with E-state index < -0.39 is 16.1 Å². The Morgan fingerprint density at radius 3 is 2.82 bits per heavy atom. The van der Waals surface area contributed by atoms with Crippen LogP contribution in [0.25, 0.3) is 0 Å². The number of nitrogens with zero attached hydrogens (tertiary/aromatic N) is 3. The Labute approximate surface area is 134 Å². The van der Waals surface area contributed by atoms with Gasteiger partial charge in [0.25, 0.3) is 10.0 Å². The molecule has 2 aliphatic rings. The van der Waals surface area contributed by atoms with E-state index in [9.17, 15) is 13.5 Å². The van der Waals surface area contributed by atoms with Crippen molar-refractivity contribution < 1.29 is 18.3 Å². The van der Waals surface area contributed by atoms with Gasteiger partial charge in [0, 0.05) is 19.5 Å². The molecule has 0 spiro atoms. The van der Waals surface area contributed by atoms with Gasteiger partial charge in [0.1, 0.15) is 0 Å². The number of hydrogen-bond donors (Lipinski definition) is 1. The van der Waals surface area contributed by atoms with Crippen LogP contribution in [0.4, 0.5) is 0 Å². The highest BCUT2D eigenvalue weighted by Gasteiger charge is 2.44. The number of sulfonamides is 1. The van der Waals surface area contributed by atoms with Crippen molar-refractivity contribution in [3.05, 3.63) is 11.2 Å². The van der Waals surface area contributed by atoms with Gasteiger partial charge in [-0.2, -0.15) is 9.40 Å². The zero-order valence-electron chi connectivity index (χ0n) is 12.4. The minimum Gasteiger partial charge on any atom is -0.393 e. The lowest BCUT2D eigenvalue weighted by Crippen LogP contribution is -2.53. The van der Waals surface area contributed by atoms with Crippen LogP contribution < -0.4 is 0 Å². The van der Waals surface area contributed by atoms with E-state index in [1.54, 1.807) is 7.05 Å². The summed E-state index contributed by atoms with van der Waals surface area (Å²) in [4.78, 5) is 0. The molecule has 3 atom stereocenters. The second kappa shape index (κ2) is 6.09. The van der Waals surface area contributed by atoms with E-state index in [4.69, 9.17) is 16.3 Å². The molecule has 1 aliphatic heterocycles. The van der Waals surface area contributed by atoms with E-state index in [0.717, 1.165) is 12.8 Å². The first-order chi connectivity index (χ1) is 10.4. The molecule has 0 aromatic carbocycles. The van der Waals surface area contributed by atoms with Gasteiger partial charge in [0.2, 0.25) is 0 Å². The normalized spacial score (nSPS) is 30.8. The van der Waals surface area contributed by atoms with Crippen molar-refractivity contribution in [3.63, 3.8) is 0 Å². The maximum absolute atomic E-state index is 13.0. The second-order valence-corrected chi connectivity index (χ2v) is 8.05. The topological polar surface area (TPSA) is 84.7 Å². The fourth-order valence-corrected chi connectivity index (χ4v) is 5.71. The fourth-order valence-electron chi connectivity index (χ4n) is 3.46. The molecule has 1 saturated heterocycles. The SMILES string of the molecule is Cn1ncc(Cl)c1S(=O)(=O)N1CCOC[C@@H]1[C@@H]1CCC[C@H]1O. The smallest absolute Gasteiger partial charge is 0.262 e. The molecule has 124 valence electrons. The monoisotopic (exact) mass is 349 g/mol. The Morgan fingerprint density at radius 1 is 1.45 bits per heavy atom. The number of hydrogen-bond acceptors (Lipinski definition) is 5. The average Bonchev–Trinajstić information content (AvgIpc) is 3.05. The van der Waals surface area contributed by atoms with Gasteiger partial charge in [0.15, 0.2) is 5.03 Å². The van der Waals surface area contributed by atoms with Crippen LogP contribution >= 0.6 is 11.6 Å². The highest BCUT2D eigenvalue weighted by atomic mass is 35.5. The van der Waals surface area contributed by atoms with Crippen molar-refractivity contribution in [2.75, 3.05) is 19.8 Å². The predicted molar refractivity (Wildman–Crippen MR) is 80.1 cm³/mol. The van der Waals surface area contributed by atoms with Crippen LogP contribution in [0.15, 0.2) is 11.2 Å². The van der Waals surface area contributed by atoms with Crippen LogP contribution in [0, 0.1) is 5.92 Å². The first-order valence-corrected chi connectivity index (χ1v) is 9.20. The molecule has 0 radical (unpaired) electrons. The van der Waals surface area contributed by atoms with Crippen LogP contribution in [-0.4, -0.2) is 59.5 Å². The lowest BCUT2D eigenvalue weighted by atomic mass is 9.96. The van der Waals surface area contributed by atoms with Gasteiger partial charge in [-0.05, 0) is 12.8 Å². The summed E-state index contributed by atoms with van der Waals surface area (Å²) in [5.41, 5.74) is 0. The summed E-state index contributed by atoms with van der Waals surface area (Å²) in [6.45, 7) is 0.905. The third kappa shape index (κ3) is 2.67. The molecule has 2 fully saturated rings. The van der Waals surface area contributed by atoms with Gasteiger partial charge >= 0.3 is 0 Å². The third-order valence-electron chi connectivity index (χ3n) is 4.54. The molecule has 0 unspecified atom stereocenters. The van der Waals surface area contributed by atoms with Crippen LogP contribution in [0.1, 0.15) is 19.3 Å². The summed E-state index contributed by atoms with van der Waals surface area (Å²) in [5, 5.41) is 14.2. The summed E-state index contributed by atoms with van der Waals surface area (Å²) in [6, 6.07) is -0.359. The average molecular weight is 350 g/mol. The van der Waals surface area contributed by atoms with Crippen LogP contribution in [-0.2, 0) is 21.8 Å². The van der Waals surface area contributed by atoms with E-state index in [1.165, 1.54) is 15.2 Å². The van der Waals surface area contributed by atoms with E-state index in [0.29, 0.717) is 19.6 Å². The number of aliphatic hydroxyl groups is 1. The molecule has 9 heteroatoms. The minimum atomic E-state index is -3.78. The van der Waals surface area contributed by atoms with E-state index in [-0.39, 0.29) is 28.6 Å². The molecule has 2 heterocycles. The first kappa shape index (κ1) is 16.2. The number of aryl methyl sites for hydroxylation is 1. The Morgan fingerprint density at radius 2 is 2.23 bits per heavy atom. The Hall–Kier alpha value is -0.670. The molecule has 22 heavy (non-hydrogen) atoms. The number of ether oxygens (including phenoxy) is 1. The first-order valence-electron chi connectivity index (χ1n) is 7.38. The molecule has 1 aromatic rings. The largest absolute Gasteiger partial charge is 0.393 e.